The number of benzene rings is 1. The zero-order valence-corrected chi connectivity index (χ0v) is 18.6. The Kier molecular flexibility index (Phi) is 10.3. The first-order valence-electron chi connectivity index (χ1n) is 10.2. The zero-order valence-electron chi connectivity index (χ0n) is 18.6. The highest BCUT2D eigenvalue weighted by atomic mass is 16.4. The van der Waals surface area contributed by atoms with E-state index in [0.29, 0.717) is 5.56 Å². The highest BCUT2D eigenvalue weighted by Crippen LogP contribution is 2.11. The highest BCUT2D eigenvalue weighted by molar-refractivity contribution is 5.94. The number of rotatable bonds is 12. The number of amides is 3. The molecule has 0 saturated carbocycles. The Bertz CT molecular complexity index is 872. The van der Waals surface area contributed by atoms with Crippen LogP contribution in [-0.4, -0.2) is 69.1 Å². The number of hydrogen-bond donors (Lipinski definition) is 7. The molecule has 0 bridgehead atoms. The second kappa shape index (κ2) is 12.4. The van der Waals surface area contributed by atoms with Gasteiger partial charge in [0.05, 0.1) is 12.5 Å². The molecule has 12 heteroatoms. The molecule has 1 aromatic carbocycles. The number of carbonyl (C=O) groups is 5. The molecular formula is C21H30N4O8. The summed E-state index contributed by atoms with van der Waals surface area (Å²) in [6, 6.07) is 1.27. The molecule has 182 valence electrons. The lowest BCUT2D eigenvalue weighted by molar-refractivity contribution is -0.147. The minimum Gasteiger partial charge on any atom is -0.508 e. The fraction of sp³-hybridized carbons (Fsp3) is 0.476. The normalized spacial score (nSPS) is 14.5. The minimum absolute atomic E-state index is 0.0726. The van der Waals surface area contributed by atoms with Gasteiger partial charge in [0.2, 0.25) is 17.7 Å². The third-order valence-corrected chi connectivity index (χ3v) is 4.72. The zero-order chi connectivity index (χ0) is 25.3. The summed E-state index contributed by atoms with van der Waals surface area (Å²) in [4.78, 5) is 59.4. The third kappa shape index (κ3) is 9.15. The summed E-state index contributed by atoms with van der Waals surface area (Å²) in [5.41, 5.74) is 6.59. The van der Waals surface area contributed by atoms with Crippen molar-refractivity contribution in [2.45, 2.75) is 57.8 Å². The average molecular weight is 466 g/mol. The van der Waals surface area contributed by atoms with Crippen LogP contribution in [0.25, 0.3) is 0 Å². The summed E-state index contributed by atoms with van der Waals surface area (Å²) < 4.78 is 0. The molecule has 0 aromatic heterocycles. The fourth-order valence-corrected chi connectivity index (χ4v) is 2.81. The molecule has 0 saturated heterocycles. The molecule has 0 radical (unpaired) electrons. The first-order chi connectivity index (χ1) is 15.3. The van der Waals surface area contributed by atoms with Gasteiger partial charge in [-0.1, -0.05) is 26.0 Å². The van der Waals surface area contributed by atoms with Crippen molar-refractivity contribution in [2.75, 3.05) is 0 Å². The van der Waals surface area contributed by atoms with Crippen LogP contribution in [0.3, 0.4) is 0 Å². The Hall–Kier alpha value is -3.67. The van der Waals surface area contributed by atoms with Crippen LogP contribution in [0.15, 0.2) is 24.3 Å². The van der Waals surface area contributed by atoms with Crippen molar-refractivity contribution in [3.05, 3.63) is 29.8 Å². The molecular weight excluding hydrogens is 436 g/mol. The van der Waals surface area contributed by atoms with Crippen LogP contribution < -0.4 is 21.7 Å². The summed E-state index contributed by atoms with van der Waals surface area (Å²) in [6.45, 7) is 4.60. The molecule has 1 rings (SSSR count). The maximum absolute atomic E-state index is 12.5. The average Bonchev–Trinajstić information content (AvgIpc) is 2.71. The lowest BCUT2D eigenvalue weighted by Crippen LogP contribution is -2.58. The number of aromatic hydroxyl groups is 1. The summed E-state index contributed by atoms with van der Waals surface area (Å²) in [5, 5.41) is 34.2. The number of carbonyl (C=O) groups excluding carboxylic acids is 3. The Balaban J connectivity index is 2.72. The number of aliphatic carboxylic acids is 2. The number of carboxylic acids is 2. The van der Waals surface area contributed by atoms with Crippen LogP contribution in [0.2, 0.25) is 0 Å². The minimum atomic E-state index is -1.66. The standard InChI is InChI=1S/C21H30N4O8/c1-10(2)17(20(31)24-15(21(32)33)9-16(27)28)25-18(29)11(3)23-19(30)14(22)8-12-4-6-13(26)7-5-12/h4-7,10-11,14-15,17,26H,8-9,22H2,1-3H3,(H,23,30)(H,24,31)(H,25,29)(H,27,28)(H,32,33)/t11-,14-,15-,17-/m0/s1. The predicted molar refractivity (Wildman–Crippen MR) is 116 cm³/mol. The van der Waals surface area contributed by atoms with Gasteiger partial charge in [-0.15, -0.1) is 0 Å². The molecule has 0 aliphatic carbocycles. The monoisotopic (exact) mass is 466 g/mol. The molecule has 0 fully saturated rings. The van der Waals surface area contributed by atoms with Crippen LogP contribution >= 0.6 is 0 Å². The SMILES string of the molecule is CC(C)[C@H](NC(=O)[C@H](C)NC(=O)[C@@H](N)Cc1ccc(O)cc1)C(=O)N[C@@H](CC(=O)O)C(=O)O. The van der Waals surface area contributed by atoms with Crippen molar-refractivity contribution >= 4 is 29.7 Å². The molecule has 33 heavy (non-hydrogen) atoms. The Morgan fingerprint density at radius 3 is 1.94 bits per heavy atom. The molecule has 4 atom stereocenters. The molecule has 0 spiro atoms. The maximum Gasteiger partial charge on any atom is 0.326 e. The Morgan fingerprint density at radius 2 is 1.45 bits per heavy atom. The van der Waals surface area contributed by atoms with Crippen LogP contribution in [0.5, 0.6) is 5.75 Å². The number of carboxylic acid groups (broad SMARTS) is 2. The van der Waals surface area contributed by atoms with Gasteiger partial charge in [0, 0.05) is 0 Å². The molecule has 1 aromatic rings. The van der Waals surface area contributed by atoms with E-state index in [2.05, 4.69) is 16.0 Å². The van der Waals surface area contributed by atoms with Crippen molar-refractivity contribution < 1.29 is 39.3 Å². The van der Waals surface area contributed by atoms with E-state index in [1.165, 1.54) is 19.1 Å². The Labute approximate surface area is 190 Å². The van der Waals surface area contributed by atoms with Crippen molar-refractivity contribution in [1.29, 1.82) is 0 Å². The van der Waals surface area contributed by atoms with Gasteiger partial charge in [-0.3, -0.25) is 19.2 Å². The highest BCUT2D eigenvalue weighted by Gasteiger charge is 2.31. The van der Waals surface area contributed by atoms with Gasteiger partial charge in [-0.2, -0.15) is 0 Å². The first kappa shape index (κ1) is 27.4. The molecule has 0 aliphatic rings. The van der Waals surface area contributed by atoms with Gasteiger partial charge >= 0.3 is 11.9 Å². The van der Waals surface area contributed by atoms with Crippen LogP contribution in [0, 0.1) is 5.92 Å². The number of hydrogen-bond acceptors (Lipinski definition) is 7. The second-order valence-corrected chi connectivity index (χ2v) is 7.93. The van der Waals surface area contributed by atoms with Gasteiger partial charge in [0.1, 0.15) is 23.9 Å². The fourth-order valence-electron chi connectivity index (χ4n) is 2.81. The van der Waals surface area contributed by atoms with Gasteiger partial charge in [-0.25, -0.2) is 4.79 Å². The summed E-state index contributed by atoms with van der Waals surface area (Å²) in [5.74, 6) is -5.51. The van der Waals surface area contributed by atoms with Gasteiger partial charge in [0.25, 0.3) is 0 Å². The van der Waals surface area contributed by atoms with E-state index in [1.54, 1.807) is 26.0 Å². The van der Waals surface area contributed by atoms with E-state index in [9.17, 15) is 29.1 Å². The van der Waals surface area contributed by atoms with Gasteiger partial charge in [0.15, 0.2) is 0 Å². The number of nitrogens with one attached hydrogen (secondary N) is 3. The molecule has 12 nitrogen and oxygen atoms in total. The van der Waals surface area contributed by atoms with E-state index in [-0.39, 0.29) is 12.2 Å². The smallest absolute Gasteiger partial charge is 0.326 e. The largest absolute Gasteiger partial charge is 0.508 e. The molecule has 0 heterocycles. The van der Waals surface area contributed by atoms with Crippen LogP contribution in [0.1, 0.15) is 32.8 Å². The predicted octanol–water partition coefficient (Wildman–Crippen LogP) is -1.05. The van der Waals surface area contributed by atoms with E-state index < -0.39 is 66.2 Å². The van der Waals surface area contributed by atoms with Crippen LogP contribution in [0.4, 0.5) is 0 Å². The van der Waals surface area contributed by atoms with Crippen molar-refractivity contribution in [3.63, 3.8) is 0 Å². The topological polar surface area (TPSA) is 208 Å². The van der Waals surface area contributed by atoms with Crippen LogP contribution in [-0.2, 0) is 30.4 Å². The van der Waals surface area contributed by atoms with E-state index in [4.69, 9.17) is 15.9 Å². The lowest BCUT2D eigenvalue weighted by atomic mass is 10.0. The first-order valence-corrected chi connectivity index (χ1v) is 10.2. The molecule has 0 aliphatic heterocycles. The van der Waals surface area contributed by atoms with Gasteiger partial charge < -0.3 is 37.0 Å². The number of nitrogens with two attached hydrogens (primary N) is 1. The maximum atomic E-state index is 12.5. The molecule has 0 unspecified atom stereocenters. The quantitative estimate of drug-likeness (QED) is 0.200. The number of phenolic OH excluding ortho intramolecular Hbond substituents is 1. The molecule has 3 amide bonds. The Morgan fingerprint density at radius 1 is 0.879 bits per heavy atom. The van der Waals surface area contributed by atoms with Crippen molar-refractivity contribution in [2.24, 2.45) is 11.7 Å². The number of phenols is 1. The third-order valence-electron chi connectivity index (χ3n) is 4.72. The molecule has 8 N–H and O–H groups in total. The second-order valence-electron chi connectivity index (χ2n) is 7.93. The van der Waals surface area contributed by atoms with E-state index in [1.807, 2.05) is 0 Å². The van der Waals surface area contributed by atoms with Crippen molar-refractivity contribution in [1.82, 2.24) is 16.0 Å². The van der Waals surface area contributed by atoms with Crippen molar-refractivity contribution in [3.8, 4) is 5.75 Å². The van der Waals surface area contributed by atoms with E-state index >= 15 is 0 Å². The summed E-state index contributed by atoms with van der Waals surface area (Å²) in [7, 11) is 0. The summed E-state index contributed by atoms with van der Waals surface area (Å²) >= 11 is 0. The van der Waals surface area contributed by atoms with E-state index in [0.717, 1.165) is 0 Å². The summed E-state index contributed by atoms with van der Waals surface area (Å²) in [6.07, 6.45) is -0.664. The lowest BCUT2D eigenvalue weighted by Gasteiger charge is -2.25. The van der Waals surface area contributed by atoms with Gasteiger partial charge in [-0.05, 0) is 37.0 Å².